The Bertz CT molecular complexity index is 920. The van der Waals surface area contributed by atoms with Crippen LogP contribution in [0.4, 0.5) is 5.69 Å². The van der Waals surface area contributed by atoms with Crippen molar-refractivity contribution >= 4 is 50.6 Å². The molecule has 0 atom stereocenters. The minimum Gasteiger partial charge on any atom is -0.280 e. The summed E-state index contributed by atoms with van der Waals surface area (Å²) in [4.78, 5) is 4.49. The van der Waals surface area contributed by atoms with E-state index in [-0.39, 0.29) is 4.90 Å². The van der Waals surface area contributed by atoms with Crippen LogP contribution in [-0.4, -0.2) is 21.2 Å². The first-order valence-corrected chi connectivity index (χ1v) is 8.49. The molecule has 3 rings (SSSR count). The monoisotopic (exact) mass is 314 g/mol. The molecule has 0 unspecified atom stereocenters. The standard InChI is InChI=1S/C14H11BN2O2S2/c1-9-16-13-6-5-11(8-14(13)20-9)17-21(18,19)12-4-2-3-10(15)7-12/h2-8,17H,1H3. The molecule has 0 aliphatic heterocycles. The van der Waals surface area contributed by atoms with Crippen LogP contribution < -0.4 is 10.2 Å². The number of hydrogen-bond acceptors (Lipinski definition) is 4. The molecule has 0 fully saturated rings. The van der Waals surface area contributed by atoms with Gasteiger partial charge in [0.2, 0.25) is 0 Å². The molecule has 7 heteroatoms. The van der Waals surface area contributed by atoms with Crippen LogP contribution in [0.5, 0.6) is 0 Å². The number of sulfonamides is 1. The topological polar surface area (TPSA) is 59.1 Å². The van der Waals surface area contributed by atoms with E-state index in [0.717, 1.165) is 15.2 Å². The highest BCUT2D eigenvalue weighted by Crippen LogP contribution is 2.26. The van der Waals surface area contributed by atoms with Crippen molar-refractivity contribution in [3.05, 3.63) is 47.5 Å². The fourth-order valence-corrected chi connectivity index (χ4v) is 3.97. The van der Waals surface area contributed by atoms with Gasteiger partial charge in [0.15, 0.2) is 0 Å². The molecule has 2 radical (unpaired) electrons. The van der Waals surface area contributed by atoms with E-state index in [2.05, 4.69) is 9.71 Å². The van der Waals surface area contributed by atoms with Gasteiger partial charge in [-0.15, -0.1) is 11.3 Å². The molecule has 0 saturated carbocycles. The average Bonchev–Trinajstić information content (AvgIpc) is 2.77. The summed E-state index contributed by atoms with van der Waals surface area (Å²) in [7, 11) is 1.98. The van der Waals surface area contributed by atoms with Gasteiger partial charge in [-0.1, -0.05) is 17.6 Å². The van der Waals surface area contributed by atoms with E-state index >= 15 is 0 Å². The molecule has 0 bridgehead atoms. The largest absolute Gasteiger partial charge is 0.280 e. The van der Waals surface area contributed by atoms with Gasteiger partial charge >= 0.3 is 0 Å². The maximum absolute atomic E-state index is 12.3. The smallest absolute Gasteiger partial charge is 0.261 e. The van der Waals surface area contributed by atoms with E-state index in [1.54, 1.807) is 30.3 Å². The number of rotatable bonds is 3. The van der Waals surface area contributed by atoms with Crippen molar-refractivity contribution in [2.75, 3.05) is 4.72 Å². The summed E-state index contributed by atoms with van der Waals surface area (Å²) in [5.41, 5.74) is 1.78. The number of fused-ring (bicyclic) bond motifs is 1. The first-order valence-electron chi connectivity index (χ1n) is 6.20. The highest BCUT2D eigenvalue weighted by Gasteiger charge is 2.14. The van der Waals surface area contributed by atoms with Crippen LogP contribution in [0.3, 0.4) is 0 Å². The quantitative estimate of drug-likeness (QED) is 0.754. The fraction of sp³-hybridized carbons (Fsp3) is 0.0714. The molecule has 4 nitrogen and oxygen atoms in total. The predicted molar refractivity (Wildman–Crippen MR) is 87.0 cm³/mol. The molecule has 1 heterocycles. The summed E-state index contributed by atoms with van der Waals surface area (Å²) in [5.74, 6) is 0. The maximum Gasteiger partial charge on any atom is 0.261 e. The highest BCUT2D eigenvalue weighted by molar-refractivity contribution is 7.92. The van der Waals surface area contributed by atoms with E-state index < -0.39 is 10.0 Å². The fourth-order valence-electron chi connectivity index (χ4n) is 2.00. The van der Waals surface area contributed by atoms with E-state index in [4.69, 9.17) is 7.85 Å². The Kier molecular flexibility index (Phi) is 3.47. The van der Waals surface area contributed by atoms with Crippen molar-refractivity contribution in [2.24, 2.45) is 0 Å². The van der Waals surface area contributed by atoms with Gasteiger partial charge in [-0.05, 0) is 37.3 Å². The van der Waals surface area contributed by atoms with Crippen LogP contribution >= 0.6 is 11.3 Å². The number of nitrogens with one attached hydrogen (secondary N) is 1. The van der Waals surface area contributed by atoms with Gasteiger partial charge in [0.25, 0.3) is 10.0 Å². The number of aryl methyl sites for hydroxylation is 1. The molecule has 21 heavy (non-hydrogen) atoms. The Hall–Kier alpha value is -1.86. The summed E-state index contributed by atoms with van der Waals surface area (Å²) >= 11 is 1.52. The van der Waals surface area contributed by atoms with E-state index in [1.807, 2.05) is 6.92 Å². The number of aromatic nitrogens is 1. The number of hydrogen-bond donors (Lipinski definition) is 1. The molecule has 3 aromatic rings. The van der Waals surface area contributed by atoms with Gasteiger partial charge in [-0.2, -0.15) is 0 Å². The first-order chi connectivity index (χ1) is 9.94. The third-order valence-electron chi connectivity index (χ3n) is 2.92. The van der Waals surface area contributed by atoms with Crippen molar-refractivity contribution in [2.45, 2.75) is 11.8 Å². The second kappa shape index (κ2) is 5.16. The summed E-state index contributed by atoms with van der Waals surface area (Å²) in [6.45, 7) is 1.92. The lowest BCUT2D eigenvalue weighted by Crippen LogP contribution is -2.15. The van der Waals surface area contributed by atoms with Gasteiger partial charge in [0.05, 0.1) is 25.8 Å². The third kappa shape index (κ3) is 2.93. The third-order valence-corrected chi connectivity index (χ3v) is 5.23. The van der Waals surface area contributed by atoms with Gasteiger partial charge in [-0.25, -0.2) is 13.4 Å². The zero-order valence-electron chi connectivity index (χ0n) is 11.2. The van der Waals surface area contributed by atoms with Crippen molar-refractivity contribution < 1.29 is 8.42 Å². The average molecular weight is 314 g/mol. The summed E-state index contributed by atoms with van der Waals surface area (Å²) in [5, 5.41) is 0.945. The second-order valence-corrected chi connectivity index (χ2v) is 7.51. The first kappa shape index (κ1) is 14.1. The van der Waals surface area contributed by atoms with Crippen LogP contribution in [0.1, 0.15) is 5.01 Å². The van der Waals surface area contributed by atoms with Crippen molar-refractivity contribution in [3.63, 3.8) is 0 Å². The van der Waals surface area contributed by atoms with Crippen molar-refractivity contribution in [1.82, 2.24) is 4.98 Å². The lowest BCUT2D eigenvalue weighted by Gasteiger charge is -2.08. The molecule has 104 valence electrons. The highest BCUT2D eigenvalue weighted by atomic mass is 32.2. The Balaban J connectivity index is 1.96. The molecule has 0 saturated heterocycles. The predicted octanol–water partition coefficient (Wildman–Crippen LogP) is 2.20. The van der Waals surface area contributed by atoms with Gasteiger partial charge in [-0.3, -0.25) is 4.72 Å². The van der Waals surface area contributed by atoms with Crippen LogP contribution in [0.15, 0.2) is 47.4 Å². The molecule has 2 aromatic carbocycles. The lowest BCUT2D eigenvalue weighted by atomic mass is 9.97. The number of benzene rings is 2. The molecule has 1 aromatic heterocycles. The zero-order chi connectivity index (χ0) is 15.0. The van der Waals surface area contributed by atoms with Crippen LogP contribution in [-0.2, 0) is 10.0 Å². The van der Waals surface area contributed by atoms with Gasteiger partial charge in [0, 0.05) is 0 Å². The summed E-state index contributed by atoms with van der Waals surface area (Å²) < 4.78 is 28.1. The summed E-state index contributed by atoms with van der Waals surface area (Å²) in [6, 6.07) is 11.5. The van der Waals surface area contributed by atoms with Gasteiger partial charge < -0.3 is 0 Å². The van der Waals surface area contributed by atoms with Crippen LogP contribution in [0.2, 0.25) is 0 Å². The lowest BCUT2D eigenvalue weighted by molar-refractivity contribution is 0.601. The second-order valence-electron chi connectivity index (χ2n) is 4.59. The van der Waals surface area contributed by atoms with Crippen LogP contribution in [0, 0.1) is 6.92 Å². The number of nitrogens with zero attached hydrogens (tertiary/aromatic N) is 1. The minimum absolute atomic E-state index is 0.142. The van der Waals surface area contributed by atoms with Crippen LogP contribution in [0.25, 0.3) is 10.2 Å². The van der Waals surface area contributed by atoms with Crippen molar-refractivity contribution in [3.8, 4) is 0 Å². The Morgan fingerprint density at radius 2 is 2.00 bits per heavy atom. The van der Waals surface area contributed by atoms with Gasteiger partial charge in [0.1, 0.15) is 7.85 Å². The zero-order valence-corrected chi connectivity index (χ0v) is 12.8. The molecular weight excluding hydrogens is 303 g/mol. The molecule has 0 aliphatic rings. The molecule has 0 amide bonds. The normalized spacial score (nSPS) is 11.7. The number of thiazole rings is 1. The van der Waals surface area contributed by atoms with E-state index in [9.17, 15) is 8.42 Å². The van der Waals surface area contributed by atoms with E-state index in [1.165, 1.54) is 23.5 Å². The number of anilines is 1. The molecule has 0 spiro atoms. The van der Waals surface area contributed by atoms with Crippen molar-refractivity contribution in [1.29, 1.82) is 0 Å². The van der Waals surface area contributed by atoms with E-state index in [0.29, 0.717) is 11.2 Å². The Morgan fingerprint density at radius 1 is 1.19 bits per heavy atom. The molecular formula is C14H11BN2O2S2. The SMILES string of the molecule is [B]c1cccc(S(=O)(=O)Nc2ccc3nc(C)sc3c2)c1. The molecule has 1 N–H and O–H groups in total. The summed E-state index contributed by atoms with van der Waals surface area (Å²) in [6.07, 6.45) is 0. The Labute approximate surface area is 128 Å². The Morgan fingerprint density at radius 3 is 2.76 bits per heavy atom. The maximum atomic E-state index is 12.3. The molecule has 0 aliphatic carbocycles. The minimum atomic E-state index is -3.64.